The van der Waals surface area contributed by atoms with E-state index in [1.807, 2.05) is 13.0 Å². The predicted octanol–water partition coefficient (Wildman–Crippen LogP) is 4.16. The molecule has 2 N–H and O–H groups in total. The van der Waals surface area contributed by atoms with Gasteiger partial charge in [-0.25, -0.2) is 9.37 Å². The molecule has 1 amide bonds. The standard InChI is InChI=1S/C28H24FN5O4/c1-4-10-33(16-20-13-24-26(11-17(20)2)31-18(3)32-28(24)36)21-8-9-23(25(29)14-21)27(35)30-15-19-6-5-7-22(12-19)34(37)38/h1,5-9,11-14H,10,15-16H2,2-3H3,(H,30,35)(H,31,32,36). The summed E-state index contributed by atoms with van der Waals surface area (Å²) in [5, 5.41) is 14.0. The lowest BCUT2D eigenvalue weighted by atomic mass is 10.0. The third-order valence-corrected chi connectivity index (χ3v) is 6.06. The number of aromatic amines is 1. The molecule has 38 heavy (non-hydrogen) atoms. The van der Waals surface area contributed by atoms with Gasteiger partial charge in [0.15, 0.2) is 0 Å². The van der Waals surface area contributed by atoms with Crippen molar-refractivity contribution in [3.05, 3.63) is 109 Å². The van der Waals surface area contributed by atoms with E-state index in [2.05, 4.69) is 21.2 Å². The van der Waals surface area contributed by atoms with Gasteiger partial charge in [-0.3, -0.25) is 19.7 Å². The number of nitrogens with one attached hydrogen (secondary N) is 2. The zero-order valence-electron chi connectivity index (χ0n) is 20.7. The number of aryl methyl sites for hydroxylation is 2. The summed E-state index contributed by atoms with van der Waals surface area (Å²) >= 11 is 0. The van der Waals surface area contributed by atoms with E-state index in [0.717, 1.165) is 11.1 Å². The maximum Gasteiger partial charge on any atom is 0.269 e. The number of carbonyl (C=O) groups is 1. The minimum atomic E-state index is -0.743. The van der Waals surface area contributed by atoms with E-state index >= 15 is 4.39 Å². The Hall–Kier alpha value is -5.04. The Morgan fingerprint density at radius 3 is 2.71 bits per heavy atom. The number of hydrogen-bond donors (Lipinski definition) is 2. The molecule has 192 valence electrons. The second-order valence-electron chi connectivity index (χ2n) is 8.78. The van der Waals surface area contributed by atoms with Crippen molar-refractivity contribution >= 4 is 28.2 Å². The van der Waals surface area contributed by atoms with E-state index in [-0.39, 0.29) is 29.9 Å². The highest BCUT2D eigenvalue weighted by Gasteiger charge is 2.17. The van der Waals surface area contributed by atoms with Gasteiger partial charge in [0.25, 0.3) is 17.2 Å². The molecule has 10 heteroatoms. The number of terminal acetylenes is 1. The summed E-state index contributed by atoms with van der Waals surface area (Å²) in [6.45, 7) is 4.08. The lowest BCUT2D eigenvalue weighted by Crippen LogP contribution is -2.26. The summed E-state index contributed by atoms with van der Waals surface area (Å²) in [4.78, 5) is 44.3. The highest BCUT2D eigenvalue weighted by Crippen LogP contribution is 2.24. The van der Waals surface area contributed by atoms with E-state index < -0.39 is 16.6 Å². The number of nitro groups is 1. The van der Waals surface area contributed by atoms with E-state index in [9.17, 15) is 19.7 Å². The Bertz CT molecular complexity index is 1660. The van der Waals surface area contributed by atoms with Gasteiger partial charge >= 0.3 is 0 Å². The number of nitro benzene ring substituents is 1. The molecule has 0 fully saturated rings. The first-order chi connectivity index (χ1) is 18.2. The van der Waals surface area contributed by atoms with Crippen LogP contribution in [0, 0.1) is 42.1 Å². The Kier molecular flexibility index (Phi) is 7.48. The maximum atomic E-state index is 15.0. The number of anilines is 1. The first-order valence-electron chi connectivity index (χ1n) is 11.7. The number of carbonyl (C=O) groups excluding carboxylic acids is 1. The molecule has 3 aromatic carbocycles. The summed E-state index contributed by atoms with van der Waals surface area (Å²) in [7, 11) is 0. The minimum absolute atomic E-state index is 0.000321. The summed E-state index contributed by atoms with van der Waals surface area (Å²) < 4.78 is 15.0. The van der Waals surface area contributed by atoms with Crippen LogP contribution in [0.2, 0.25) is 0 Å². The van der Waals surface area contributed by atoms with Crippen LogP contribution in [0.1, 0.15) is 32.9 Å². The van der Waals surface area contributed by atoms with E-state index in [1.165, 1.54) is 30.3 Å². The van der Waals surface area contributed by atoms with Gasteiger partial charge in [0, 0.05) is 30.9 Å². The molecule has 1 aromatic heterocycles. The molecule has 4 aromatic rings. The number of benzene rings is 3. The molecule has 0 spiro atoms. The van der Waals surface area contributed by atoms with Crippen LogP contribution in [0.15, 0.2) is 59.4 Å². The van der Waals surface area contributed by atoms with Gasteiger partial charge in [0.1, 0.15) is 11.6 Å². The summed E-state index contributed by atoms with van der Waals surface area (Å²) in [5.41, 5.74) is 2.77. The van der Waals surface area contributed by atoms with Gasteiger partial charge in [0.05, 0.1) is 27.9 Å². The molecular formula is C28H24FN5O4. The van der Waals surface area contributed by atoms with Crippen molar-refractivity contribution in [3.8, 4) is 12.3 Å². The van der Waals surface area contributed by atoms with Gasteiger partial charge in [-0.15, -0.1) is 6.42 Å². The molecule has 0 saturated carbocycles. The molecule has 0 saturated heterocycles. The third-order valence-electron chi connectivity index (χ3n) is 6.06. The van der Waals surface area contributed by atoms with Gasteiger partial charge in [0.2, 0.25) is 0 Å². The van der Waals surface area contributed by atoms with Gasteiger partial charge < -0.3 is 15.2 Å². The van der Waals surface area contributed by atoms with Crippen molar-refractivity contribution in [1.29, 1.82) is 0 Å². The molecule has 0 atom stereocenters. The number of halogens is 1. The van der Waals surface area contributed by atoms with Crippen molar-refractivity contribution in [3.63, 3.8) is 0 Å². The second kappa shape index (κ2) is 10.9. The first kappa shape index (κ1) is 26.0. The quantitative estimate of drug-likeness (QED) is 0.207. The molecule has 0 bridgehead atoms. The highest BCUT2D eigenvalue weighted by atomic mass is 19.1. The number of nitrogens with zero attached hydrogens (tertiary/aromatic N) is 3. The van der Waals surface area contributed by atoms with Crippen molar-refractivity contribution in [2.75, 3.05) is 11.4 Å². The zero-order valence-corrected chi connectivity index (χ0v) is 20.7. The number of non-ortho nitro benzene ring substituents is 1. The van der Waals surface area contributed by atoms with E-state index in [0.29, 0.717) is 34.5 Å². The maximum absolute atomic E-state index is 15.0. The molecule has 0 aliphatic heterocycles. The summed E-state index contributed by atoms with van der Waals surface area (Å²) in [6, 6.07) is 13.6. The van der Waals surface area contributed by atoms with Crippen molar-refractivity contribution < 1.29 is 14.1 Å². The molecule has 0 aliphatic carbocycles. The summed E-state index contributed by atoms with van der Waals surface area (Å²) in [6.07, 6.45) is 5.57. The van der Waals surface area contributed by atoms with Crippen molar-refractivity contribution in [2.45, 2.75) is 26.9 Å². The number of H-pyrrole nitrogens is 1. The highest BCUT2D eigenvalue weighted by molar-refractivity contribution is 5.94. The molecule has 0 radical (unpaired) electrons. The first-order valence-corrected chi connectivity index (χ1v) is 11.7. The topological polar surface area (TPSA) is 121 Å². The van der Waals surface area contributed by atoms with Crippen LogP contribution < -0.4 is 15.8 Å². The lowest BCUT2D eigenvalue weighted by Gasteiger charge is -2.24. The average molecular weight is 514 g/mol. The smallest absolute Gasteiger partial charge is 0.269 e. The minimum Gasteiger partial charge on any atom is -0.356 e. The number of rotatable bonds is 8. The fraction of sp³-hybridized carbons (Fsp3) is 0.179. The van der Waals surface area contributed by atoms with Crippen LogP contribution >= 0.6 is 0 Å². The van der Waals surface area contributed by atoms with Gasteiger partial charge in [-0.2, -0.15) is 0 Å². The monoisotopic (exact) mass is 513 g/mol. The Labute approximate surface area is 217 Å². The van der Waals surface area contributed by atoms with Crippen LogP contribution in [0.3, 0.4) is 0 Å². The average Bonchev–Trinajstić information content (AvgIpc) is 2.87. The zero-order chi connectivity index (χ0) is 27.4. The number of aromatic nitrogens is 2. The Balaban J connectivity index is 1.54. The molecule has 0 aliphatic rings. The van der Waals surface area contributed by atoms with Crippen molar-refractivity contribution in [2.24, 2.45) is 0 Å². The fourth-order valence-corrected chi connectivity index (χ4v) is 4.12. The summed E-state index contributed by atoms with van der Waals surface area (Å²) in [5.74, 6) is 1.69. The molecule has 1 heterocycles. The van der Waals surface area contributed by atoms with Gasteiger partial charge in [-0.1, -0.05) is 18.1 Å². The van der Waals surface area contributed by atoms with Gasteiger partial charge in [-0.05, 0) is 60.9 Å². The number of hydrogen-bond acceptors (Lipinski definition) is 6. The van der Waals surface area contributed by atoms with Crippen LogP contribution in [-0.4, -0.2) is 27.3 Å². The van der Waals surface area contributed by atoms with Crippen molar-refractivity contribution in [1.82, 2.24) is 15.3 Å². The Morgan fingerprint density at radius 1 is 1.21 bits per heavy atom. The molecule has 9 nitrogen and oxygen atoms in total. The fourth-order valence-electron chi connectivity index (χ4n) is 4.12. The largest absolute Gasteiger partial charge is 0.356 e. The van der Waals surface area contributed by atoms with Crippen LogP contribution in [-0.2, 0) is 13.1 Å². The van der Waals surface area contributed by atoms with E-state index in [1.54, 1.807) is 30.0 Å². The van der Waals surface area contributed by atoms with Crippen LogP contribution in [0.4, 0.5) is 15.8 Å². The third kappa shape index (κ3) is 5.68. The SMILES string of the molecule is C#CCN(Cc1cc2c(=O)[nH]c(C)nc2cc1C)c1ccc(C(=O)NCc2cccc([N+](=O)[O-])c2)c(F)c1. The van der Waals surface area contributed by atoms with E-state index in [4.69, 9.17) is 6.42 Å². The molecular weight excluding hydrogens is 489 g/mol. The lowest BCUT2D eigenvalue weighted by molar-refractivity contribution is -0.384. The predicted molar refractivity (Wildman–Crippen MR) is 142 cm³/mol. The second-order valence-corrected chi connectivity index (χ2v) is 8.78. The van der Waals surface area contributed by atoms with Crippen LogP contribution in [0.5, 0.6) is 0 Å². The van der Waals surface area contributed by atoms with Crippen LogP contribution in [0.25, 0.3) is 10.9 Å². The number of fused-ring (bicyclic) bond motifs is 1. The Morgan fingerprint density at radius 2 is 2.00 bits per heavy atom. The normalized spacial score (nSPS) is 10.7. The molecule has 4 rings (SSSR count). The molecule has 0 unspecified atom stereocenters. The number of amides is 1.